The summed E-state index contributed by atoms with van der Waals surface area (Å²) >= 11 is 8.22. The Kier molecular flexibility index (Phi) is 7.05. The fourth-order valence-corrected chi connectivity index (χ4v) is 2.63. The van der Waals surface area contributed by atoms with Crippen molar-refractivity contribution >= 4 is 45.1 Å². The number of aryl methyl sites for hydroxylation is 1. The predicted molar refractivity (Wildman–Crippen MR) is 102 cm³/mol. The van der Waals surface area contributed by atoms with Gasteiger partial charge in [0.1, 0.15) is 11.6 Å². The number of hydrogen-bond acceptors (Lipinski definition) is 4. The van der Waals surface area contributed by atoms with Crippen LogP contribution in [0.2, 0.25) is 0 Å². The van der Waals surface area contributed by atoms with Gasteiger partial charge in [-0.1, -0.05) is 18.2 Å². The van der Waals surface area contributed by atoms with Crippen molar-refractivity contribution in [1.29, 1.82) is 0 Å². The average Bonchev–Trinajstić information content (AvgIpc) is 2.59. The van der Waals surface area contributed by atoms with Crippen LogP contribution in [0.1, 0.15) is 15.9 Å². The molecular weight excluding hydrogens is 425 g/mol. The second-order valence-electron chi connectivity index (χ2n) is 5.16. The lowest BCUT2D eigenvalue weighted by atomic mass is 10.2. The van der Waals surface area contributed by atoms with Crippen LogP contribution in [0, 0.1) is 12.7 Å². The van der Waals surface area contributed by atoms with Gasteiger partial charge in [0.05, 0.1) is 10.0 Å². The summed E-state index contributed by atoms with van der Waals surface area (Å²) in [6.45, 7) is 1.67. The highest BCUT2D eigenvalue weighted by atomic mass is 79.9. The number of hydrazine groups is 1. The lowest BCUT2D eigenvalue weighted by molar-refractivity contribution is -0.123. The smallest absolute Gasteiger partial charge is 0.276 e. The van der Waals surface area contributed by atoms with Gasteiger partial charge in [-0.2, -0.15) is 0 Å². The molecule has 9 heteroatoms. The normalized spacial score (nSPS) is 9.96. The van der Waals surface area contributed by atoms with Gasteiger partial charge in [-0.25, -0.2) is 4.39 Å². The van der Waals surface area contributed by atoms with Crippen molar-refractivity contribution in [1.82, 2.24) is 16.2 Å². The Bertz CT molecular complexity index is 848. The first-order valence-corrected chi connectivity index (χ1v) is 8.60. The molecule has 2 amide bonds. The molecule has 0 aliphatic heterocycles. The molecule has 0 saturated carbocycles. The van der Waals surface area contributed by atoms with Gasteiger partial charge < -0.3 is 4.74 Å². The lowest BCUT2D eigenvalue weighted by Gasteiger charge is -2.12. The Balaban J connectivity index is 1.77. The topological polar surface area (TPSA) is 79.5 Å². The predicted octanol–water partition coefficient (Wildman–Crippen LogP) is 2.61. The van der Waals surface area contributed by atoms with E-state index in [-0.39, 0.29) is 17.3 Å². The van der Waals surface area contributed by atoms with E-state index in [1.165, 1.54) is 18.2 Å². The van der Waals surface area contributed by atoms with Crippen molar-refractivity contribution in [2.75, 3.05) is 6.61 Å². The maximum Gasteiger partial charge on any atom is 0.276 e. The van der Waals surface area contributed by atoms with Gasteiger partial charge in [0, 0.05) is 0 Å². The molecule has 0 saturated heterocycles. The molecule has 0 aliphatic carbocycles. The monoisotopic (exact) mass is 439 g/mol. The van der Waals surface area contributed by atoms with E-state index >= 15 is 0 Å². The number of benzene rings is 2. The maximum absolute atomic E-state index is 13.5. The standard InChI is InChI=1S/C17H15BrFN3O3S/c1-10-6-7-14(12(18)8-10)25-9-15(23)21-22-17(26)20-16(24)11-4-2-3-5-13(11)19/h2-8H,9H2,1H3,(H,21,23)(H2,20,22,24,26). The second-order valence-corrected chi connectivity index (χ2v) is 6.42. The minimum Gasteiger partial charge on any atom is -0.483 e. The largest absolute Gasteiger partial charge is 0.483 e. The number of nitrogens with one attached hydrogen (secondary N) is 3. The molecule has 0 aliphatic rings. The highest BCUT2D eigenvalue weighted by Gasteiger charge is 2.12. The fraction of sp³-hybridized carbons (Fsp3) is 0.118. The number of rotatable bonds is 4. The van der Waals surface area contributed by atoms with Crippen LogP contribution < -0.4 is 20.9 Å². The van der Waals surface area contributed by atoms with E-state index in [1.807, 2.05) is 19.1 Å². The summed E-state index contributed by atoms with van der Waals surface area (Å²) in [5, 5.41) is 2.08. The number of halogens is 2. The number of carbonyl (C=O) groups is 2. The first kappa shape index (κ1) is 19.8. The van der Waals surface area contributed by atoms with Gasteiger partial charge in [-0.05, 0) is 64.9 Å². The van der Waals surface area contributed by atoms with Gasteiger partial charge in [-0.3, -0.25) is 25.8 Å². The minimum absolute atomic E-state index is 0.157. The average molecular weight is 440 g/mol. The van der Waals surface area contributed by atoms with E-state index in [1.54, 1.807) is 6.07 Å². The van der Waals surface area contributed by atoms with Crippen LogP contribution in [-0.2, 0) is 4.79 Å². The van der Waals surface area contributed by atoms with Gasteiger partial charge in [0.25, 0.3) is 11.8 Å². The molecule has 2 aromatic carbocycles. The number of amides is 2. The van der Waals surface area contributed by atoms with Crippen LogP contribution in [0.5, 0.6) is 5.75 Å². The first-order chi connectivity index (χ1) is 12.4. The SMILES string of the molecule is Cc1ccc(OCC(=O)NNC(=S)NC(=O)c2ccccc2F)c(Br)c1. The van der Waals surface area contributed by atoms with Crippen LogP contribution in [0.15, 0.2) is 46.9 Å². The molecule has 6 nitrogen and oxygen atoms in total. The molecule has 0 spiro atoms. The zero-order valence-electron chi connectivity index (χ0n) is 13.6. The third-order valence-electron chi connectivity index (χ3n) is 3.11. The van der Waals surface area contributed by atoms with Crippen LogP contribution >= 0.6 is 28.1 Å². The summed E-state index contributed by atoms with van der Waals surface area (Å²) < 4.78 is 19.6. The Morgan fingerprint density at radius 1 is 1.19 bits per heavy atom. The van der Waals surface area contributed by atoms with Crippen molar-refractivity contribution in [2.24, 2.45) is 0 Å². The van der Waals surface area contributed by atoms with Crippen LogP contribution in [-0.4, -0.2) is 23.5 Å². The van der Waals surface area contributed by atoms with E-state index in [4.69, 9.17) is 17.0 Å². The van der Waals surface area contributed by atoms with Crippen LogP contribution in [0.4, 0.5) is 4.39 Å². The van der Waals surface area contributed by atoms with Gasteiger partial charge in [0.15, 0.2) is 11.7 Å². The molecule has 0 fully saturated rings. The molecule has 0 unspecified atom stereocenters. The van der Waals surface area contributed by atoms with Gasteiger partial charge in [-0.15, -0.1) is 0 Å². The van der Waals surface area contributed by atoms with E-state index in [0.717, 1.165) is 16.1 Å². The molecule has 0 aromatic heterocycles. The van der Waals surface area contributed by atoms with Crippen LogP contribution in [0.3, 0.4) is 0 Å². The Hall–Kier alpha value is -2.52. The third-order valence-corrected chi connectivity index (χ3v) is 3.93. The number of thiocarbonyl (C=S) groups is 1. The minimum atomic E-state index is -0.727. The molecular formula is C17H15BrFN3O3S. The van der Waals surface area contributed by atoms with Crippen molar-refractivity contribution in [2.45, 2.75) is 6.92 Å². The van der Waals surface area contributed by atoms with Crippen molar-refractivity contribution in [3.05, 3.63) is 63.9 Å². The summed E-state index contributed by atoms with van der Waals surface area (Å²) in [4.78, 5) is 23.6. The highest BCUT2D eigenvalue weighted by molar-refractivity contribution is 9.10. The summed E-state index contributed by atoms with van der Waals surface area (Å²) in [6.07, 6.45) is 0. The molecule has 0 heterocycles. The summed E-state index contributed by atoms with van der Waals surface area (Å²) in [7, 11) is 0. The maximum atomic E-state index is 13.5. The van der Waals surface area contributed by atoms with E-state index in [0.29, 0.717) is 5.75 Å². The number of carbonyl (C=O) groups excluding carboxylic acids is 2. The Labute approximate surface area is 163 Å². The molecule has 136 valence electrons. The number of hydrogen-bond donors (Lipinski definition) is 3. The van der Waals surface area contributed by atoms with E-state index in [2.05, 4.69) is 32.1 Å². The van der Waals surface area contributed by atoms with Crippen molar-refractivity contribution in [3.8, 4) is 5.75 Å². The quantitative estimate of drug-likeness (QED) is 0.503. The first-order valence-electron chi connectivity index (χ1n) is 7.40. The molecule has 0 radical (unpaired) electrons. The Morgan fingerprint density at radius 2 is 1.92 bits per heavy atom. The lowest BCUT2D eigenvalue weighted by Crippen LogP contribution is -2.49. The van der Waals surface area contributed by atoms with Gasteiger partial charge in [0.2, 0.25) is 0 Å². The fourth-order valence-electron chi connectivity index (χ4n) is 1.88. The summed E-state index contributed by atoms with van der Waals surface area (Å²) in [6, 6.07) is 10.9. The highest BCUT2D eigenvalue weighted by Crippen LogP contribution is 2.25. The van der Waals surface area contributed by atoms with Crippen molar-refractivity contribution < 1.29 is 18.7 Å². The van der Waals surface area contributed by atoms with Crippen molar-refractivity contribution in [3.63, 3.8) is 0 Å². The summed E-state index contributed by atoms with van der Waals surface area (Å²) in [5.41, 5.74) is 5.51. The third kappa shape index (κ3) is 5.78. The van der Waals surface area contributed by atoms with Gasteiger partial charge >= 0.3 is 0 Å². The molecule has 0 bridgehead atoms. The zero-order chi connectivity index (χ0) is 19.1. The second kappa shape index (κ2) is 9.25. The summed E-state index contributed by atoms with van der Waals surface area (Å²) in [5.74, 6) is -1.40. The molecule has 26 heavy (non-hydrogen) atoms. The molecule has 2 aromatic rings. The van der Waals surface area contributed by atoms with Crippen LogP contribution in [0.25, 0.3) is 0 Å². The number of ether oxygens (including phenoxy) is 1. The van der Waals surface area contributed by atoms with E-state index in [9.17, 15) is 14.0 Å². The van der Waals surface area contributed by atoms with E-state index < -0.39 is 17.6 Å². The zero-order valence-corrected chi connectivity index (χ0v) is 16.0. The molecule has 0 atom stereocenters. The Morgan fingerprint density at radius 3 is 2.62 bits per heavy atom. The molecule has 2 rings (SSSR count). The molecule has 3 N–H and O–H groups in total.